The van der Waals surface area contributed by atoms with Gasteiger partial charge in [-0.25, -0.2) is 4.98 Å². The SMILES string of the molecule is CNCc1csc(-c2c(C)cc(C)cc2C)n1. The highest BCUT2D eigenvalue weighted by Crippen LogP contribution is 2.30. The number of aromatic nitrogens is 1. The van der Waals surface area contributed by atoms with Gasteiger partial charge in [0.2, 0.25) is 0 Å². The van der Waals surface area contributed by atoms with Gasteiger partial charge in [0.05, 0.1) is 5.69 Å². The maximum atomic E-state index is 4.68. The zero-order valence-electron chi connectivity index (χ0n) is 10.8. The molecule has 3 heteroatoms. The number of benzene rings is 1. The second kappa shape index (κ2) is 4.98. The van der Waals surface area contributed by atoms with Crippen LogP contribution in [0.1, 0.15) is 22.4 Å². The predicted octanol–water partition coefficient (Wildman–Crippen LogP) is 3.45. The van der Waals surface area contributed by atoms with Crippen molar-refractivity contribution in [1.82, 2.24) is 10.3 Å². The Hall–Kier alpha value is -1.19. The third-order valence-corrected chi connectivity index (χ3v) is 3.71. The molecule has 0 bridgehead atoms. The molecule has 0 atom stereocenters. The minimum Gasteiger partial charge on any atom is -0.314 e. The molecule has 0 amide bonds. The fourth-order valence-electron chi connectivity index (χ4n) is 2.20. The minimum atomic E-state index is 0.834. The summed E-state index contributed by atoms with van der Waals surface area (Å²) in [5.41, 5.74) is 6.35. The Morgan fingerprint density at radius 3 is 2.41 bits per heavy atom. The summed E-state index contributed by atoms with van der Waals surface area (Å²) in [6, 6.07) is 4.45. The van der Waals surface area contributed by atoms with Crippen LogP contribution < -0.4 is 5.32 Å². The molecular formula is C14H18N2S. The first kappa shape index (κ1) is 12.3. The smallest absolute Gasteiger partial charge is 0.124 e. The van der Waals surface area contributed by atoms with Gasteiger partial charge in [0, 0.05) is 17.5 Å². The molecule has 0 unspecified atom stereocenters. The number of rotatable bonds is 3. The maximum absolute atomic E-state index is 4.68. The average molecular weight is 246 g/mol. The molecule has 0 saturated heterocycles. The lowest BCUT2D eigenvalue weighted by Gasteiger charge is -2.08. The normalized spacial score (nSPS) is 10.8. The zero-order valence-corrected chi connectivity index (χ0v) is 11.6. The molecule has 0 saturated carbocycles. The first-order valence-electron chi connectivity index (χ1n) is 5.79. The lowest BCUT2D eigenvalue weighted by molar-refractivity contribution is 0.798. The Labute approximate surface area is 107 Å². The summed E-state index contributed by atoms with van der Waals surface area (Å²) >= 11 is 1.73. The topological polar surface area (TPSA) is 24.9 Å². The van der Waals surface area contributed by atoms with Crippen LogP contribution in [0.15, 0.2) is 17.5 Å². The molecule has 0 fully saturated rings. The van der Waals surface area contributed by atoms with Crippen LogP contribution in [-0.2, 0) is 6.54 Å². The van der Waals surface area contributed by atoms with Crippen LogP contribution in [0.5, 0.6) is 0 Å². The van der Waals surface area contributed by atoms with Crippen molar-refractivity contribution in [3.05, 3.63) is 39.9 Å². The second-order valence-electron chi connectivity index (χ2n) is 4.45. The lowest BCUT2D eigenvalue weighted by Crippen LogP contribution is -2.05. The van der Waals surface area contributed by atoms with E-state index in [2.05, 4.69) is 48.6 Å². The van der Waals surface area contributed by atoms with Crippen molar-refractivity contribution in [3.8, 4) is 10.6 Å². The largest absolute Gasteiger partial charge is 0.314 e. The second-order valence-corrected chi connectivity index (χ2v) is 5.31. The molecule has 17 heavy (non-hydrogen) atoms. The number of nitrogens with zero attached hydrogens (tertiary/aromatic N) is 1. The third kappa shape index (κ3) is 2.56. The molecule has 0 radical (unpaired) electrons. The predicted molar refractivity (Wildman–Crippen MR) is 74.5 cm³/mol. The van der Waals surface area contributed by atoms with Gasteiger partial charge in [0.1, 0.15) is 5.01 Å². The van der Waals surface area contributed by atoms with E-state index in [1.807, 2.05) is 7.05 Å². The van der Waals surface area contributed by atoms with Gasteiger partial charge in [0.15, 0.2) is 0 Å². The first-order valence-corrected chi connectivity index (χ1v) is 6.67. The Balaban J connectivity index is 2.45. The molecule has 1 heterocycles. The van der Waals surface area contributed by atoms with E-state index < -0.39 is 0 Å². The summed E-state index contributed by atoms with van der Waals surface area (Å²) in [5.74, 6) is 0. The quantitative estimate of drug-likeness (QED) is 0.897. The van der Waals surface area contributed by atoms with E-state index in [4.69, 9.17) is 0 Å². The molecule has 1 aromatic heterocycles. The van der Waals surface area contributed by atoms with Gasteiger partial charge < -0.3 is 5.32 Å². The highest BCUT2D eigenvalue weighted by molar-refractivity contribution is 7.13. The molecular weight excluding hydrogens is 228 g/mol. The number of hydrogen-bond donors (Lipinski definition) is 1. The van der Waals surface area contributed by atoms with E-state index >= 15 is 0 Å². The Bertz CT molecular complexity index is 506. The van der Waals surface area contributed by atoms with E-state index in [1.54, 1.807) is 11.3 Å². The van der Waals surface area contributed by atoms with Crippen LogP contribution in [0.4, 0.5) is 0 Å². The fourth-order valence-corrected chi connectivity index (χ4v) is 3.19. The van der Waals surface area contributed by atoms with Crippen LogP contribution in [0.25, 0.3) is 10.6 Å². The maximum Gasteiger partial charge on any atom is 0.124 e. The summed E-state index contributed by atoms with van der Waals surface area (Å²) in [4.78, 5) is 4.68. The van der Waals surface area contributed by atoms with E-state index in [-0.39, 0.29) is 0 Å². The number of thiazole rings is 1. The fraction of sp³-hybridized carbons (Fsp3) is 0.357. The van der Waals surface area contributed by atoms with Gasteiger partial charge in [-0.1, -0.05) is 17.7 Å². The van der Waals surface area contributed by atoms with Crippen LogP contribution >= 0.6 is 11.3 Å². The van der Waals surface area contributed by atoms with Crippen molar-refractivity contribution >= 4 is 11.3 Å². The summed E-state index contributed by atoms with van der Waals surface area (Å²) in [7, 11) is 1.95. The van der Waals surface area contributed by atoms with Crippen molar-refractivity contribution in [3.63, 3.8) is 0 Å². The Morgan fingerprint density at radius 2 is 1.82 bits per heavy atom. The highest BCUT2D eigenvalue weighted by Gasteiger charge is 2.10. The number of hydrogen-bond acceptors (Lipinski definition) is 3. The monoisotopic (exact) mass is 246 g/mol. The molecule has 1 aromatic carbocycles. The van der Waals surface area contributed by atoms with Crippen molar-refractivity contribution in [2.45, 2.75) is 27.3 Å². The Morgan fingerprint density at radius 1 is 1.18 bits per heavy atom. The van der Waals surface area contributed by atoms with Gasteiger partial charge in [0.25, 0.3) is 0 Å². The van der Waals surface area contributed by atoms with Gasteiger partial charge in [-0.05, 0) is 38.9 Å². The van der Waals surface area contributed by atoms with Crippen LogP contribution in [-0.4, -0.2) is 12.0 Å². The standard InChI is InChI=1S/C14H18N2S/c1-9-5-10(2)13(11(3)6-9)14-16-12(7-15-4)8-17-14/h5-6,8,15H,7H2,1-4H3. The molecule has 2 rings (SSSR count). The lowest BCUT2D eigenvalue weighted by atomic mass is 10.0. The van der Waals surface area contributed by atoms with Gasteiger partial charge in [-0.2, -0.15) is 0 Å². The van der Waals surface area contributed by atoms with Gasteiger partial charge >= 0.3 is 0 Å². The molecule has 2 aromatic rings. The van der Waals surface area contributed by atoms with Crippen LogP contribution in [0, 0.1) is 20.8 Å². The van der Waals surface area contributed by atoms with Crippen LogP contribution in [0.2, 0.25) is 0 Å². The van der Waals surface area contributed by atoms with E-state index in [9.17, 15) is 0 Å². The number of nitrogens with one attached hydrogen (secondary N) is 1. The molecule has 0 aliphatic rings. The Kier molecular flexibility index (Phi) is 3.60. The summed E-state index contributed by atoms with van der Waals surface area (Å²) in [5, 5.41) is 6.39. The molecule has 0 aliphatic heterocycles. The average Bonchev–Trinajstić information content (AvgIpc) is 2.65. The van der Waals surface area contributed by atoms with Crippen molar-refractivity contribution < 1.29 is 0 Å². The summed E-state index contributed by atoms with van der Waals surface area (Å²) < 4.78 is 0. The summed E-state index contributed by atoms with van der Waals surface area (Å²) in [6.07, 6.45) is 0. The van der Waals surface area contributed by atoms with Crippen LogP contribution in [0.3, 0.4) is 0 Å². The number of aryl methyl sites for hydroxylation is 3. The minimum absolute atomic E-state index is 0.834. The zero-order chi connectivity index (χ0) is 12.4. The molecule has 2 nitrogen and oxygen atoms in total. The third-order valence-electron chi connectivity index (χ3n) is 2.80. The van der Waals surface area contributed by atoms with Crippen molar-refractivity contribution in [2.75, 3.05) is 7.05 Å². The summed E-state index contributed by atoms with van der Waals surface area (Å²) in [6.45, 7) is 7.29. The highest BCUT2D eigenvalue weighted by atomic mass is 32.1. The molecule has 90 valence electrons. The molecule has 1 N–H and O–H groups in total. The molecule has 0 spiro atoms. The van der Waals surface area contributed by atoms with Crippen molar-refractivity contribution in [2.24, 2.45) is 0 Å². The van der Waals surface area contributed by atoms with E-state index in [0.29, 0.717) is 0 Å². The van der Waals surface area contributed by atoms with Gasteiger partial charge in [-0.3, -0.25) is 0 Å². The van der Waals surface area contributed by atoms with Crippen molar-refractivity contribution in [1.29, 1.82) is 0 Å². The van der Waals surface area contributed by atoms with Gasteiger partial charge in [-0.15, -0.1) is 11.3 Å². The molecule has 0 aliphatic carbocycles. The van der Waals surface area contributed by atoms with E-state index in [0.717, 1.165) is 17.2 Å². The first-order chi connectivity index (χ1) is 8.11. The van der Waals surface area contributed by atoms with E-state index in [1.165, 1.54) is 22.3 Å².